The van der Waals surface area contributed by atoms with Gasteiger partial charge in [-0.05, 0) is 19.8 Å². The van der Waals surface area contributed by atoms with Crippen LogP contribution in [-0.2, 0) is 24.0 Å². The number of alkyl halides is 2. The summed E-state index contributed by atoms with van der Waals surface area (Å²) in [7, 11) is 0. The zero-order chi connectivity index (χ0) is 27.9. The highest BCUT2D eigenvalue weighted by molar-refractivity contribution is 8.03. The minimum atomic E-state index is -3.22. The van der Waals surface area contributed by atoms with Gasteiger partial charge in [0.05, 0.1) is 24.5 Å². The smallest absolute Gasteiger partial charge is 0.353 e. The molecule has 0 spiro atoms. The van der Waals surface area contributed by atoms with Crippen LogP contribution in [0.15, 0.2) is 10.6 Å². The Labute approximate surface area is 222 Å². The van der Waals surface area contributed by atoms with Gasteiger partial charge in [-0.15, -0.1) is 11.8 Å². The quantitative estimate of drug-likeness (QED) is 0.204. The van der Waals surface area contributed by atoms with E-state index in [0.29, 0.717) is 37.4 Å². The van der Waals surface area contributed by atoms with Crippen LogP contribution >= 0.6 is 11.8 Å². The van der Waals surface area contributed by atoms with Crippen LogP contribution < -0.4 is 21.7 Å². The summed E-state index contributed by atoms with van der Waals surface area (Å²) in [6.45, 7) is 4.77. The predicted octanol–water partition coefficient (Wildman–Crippen LogP) is -1.33. The number of likely N-dealkylation sites (tertiary alicyclic amines) is 1. The van der Waals surface area contributed by atoms with Crippen LogP contribution in [0.5, 0.6) is 0 Å². The number of nitrogens with two attached hydrogens (primary N) is 1. The lowest BCUT2D eigenvalue weighted by Gasteiger charge is -2.47. The molecule has 3 fully saturated rings. The number of fused-ring (bicyclic) bond motifs is 1. The van der Waals surface area contributed by atoms with Crippen molar-refractivity contribution < 1.29 is 37.9 Å². The molecule has 0 aliphatic carbocycles. The number of nitrogens with zero attached hydrogens (tertiary/aromatic N) is 2. The van der Waals surface area contributed by atoms with Crippen molar-refractivity contribution in [1.82, 2.24) is 25.8 Å². The van der Waals surface area contributed by atoms with Crippen LogP contribution in [0, 0.1) is 11.8 Å². The first-order chi connectivity index (χ1) is 17.9. The van der Waals surface area contributed by atoms with E-state index in [0.717, 1.165) is 0 Å². The third-order valence-corrected chi connectivity index (χ3v) is 9.16. The summed E-state index contributed by atoms with van der Waals surface area (Å²) < 4.78 is 25.4. The van der Waals surface area contributed by atoms with Gasteiger partial charge in [-0.3, -0.25) is 19.2 Å². The summed E-state index contributed by atoms with van der Waals surface area (Å²) in [5.41, 5.74) is 5.04. The second-order valence-electron chi connectivity index (χ2n) is 10.2. The van der Waals surface area contributed by atoms with Gasteiger partial charge in [-0.1, -0.05) is 6.92 Å². The van der Waals surface area contributed by atoms with Crippen LogP contribution in [0.2, 0.25) is 0 Å². The molecule has 4 rings (SSSR count). The number of thioether (sulfide) groups is 1. The Morgan fingerprint density at radius 1 is 1.29 bits per heavy atom. The third kappa shape index (κ3) is 5.36. The van der Waals surface area contributed by atoms with E-state index in [9.17, 15) is 37.9 Å². The molecule has 12 nitrogen and oxygen atoms in total. The summed E-state index contributed by atoms with van der Waals surface area (Å²) in [5.74, 6) is -4.99. The minimum absolute atomic E-state index is 0.0106. The average molecular weight is 559 g/mol. The molecule has 0 saturated carbocycles. The molecule has 4 amide bonds. The Bertz CT molecular complexity index is 1060. The van der Waals surface area contributed by atoms with Crippen LogP contribution in [0.25, 0.3) is 0 Å². The Morgan fingerprint density at radius 2 is 2.00 bits per heavy atom. The molecular weight excluding hydrogens is 526 g/mol. The van der Waals surface area contributed by atoms with Crippen molar-refractivity contribution in [2.75, 3.05) is 26.2 Å². The van der Waals surface area contributed by atoms with Gasteiger partial charge in [-0.2, -0.15) is 8.78 Å². The summed E-state index contributed by atoms with van der Waals surface area (Å²) >= 11 is 1.32. The van der Waals surface area contributed by atoms with Crippen LogP contribution in [0.4, 0.5) is 8.78 Å². The van der Waals surface area contributed by atoms with Gasteiger partial charge in [0.25, 0.3) is 5.91 Å². The number of carboxylic acids is 1. The van der Waals surface area contributed by atoms with Crippen molar-refractivity contribution in [3.8, 4) is 0 Å². The highest BCUT2D eigenvalue weighted by Crippen LogP contribution is 2.51. The summed E-state index contributed by atoms with van der Waals surface area (Å²) in [6, 6.07) is -1.90. The molecule has 4 heterocycles. The van der Waals surface area contributed by atoms with E-state index >= 15 is 0 Å². The van der Waals surface area contributed by atoms with Crippen LogP contribution in [0.3, 0.4) is 0 Å². The van der Waals surface area contributed by atoms with E-state index in [1.165, 1.54) is 23.6 Å². The molecule has 1 unspecified atom stereocenters. The number of amides is 4. The Morgan fingerprint density at radius 3 is 2.63 bits per heavy atom. The number of carbonyl (C=O) groups excluding carboxylic acids is 4. The normalized spacial score (nSPS) is 31.4. The molecule has 6 N–H and O–H groups in total. The number of hydrogen-bond donors (Lipinski definition) is 5. The molecule has 4 aliphatic rings. The van der Waals surface area contributed by atoms with Crippen LogP contribution in [-0.4, -0.2) is 107 Å². The highest BCUT2D eigenvalue weighted by Gasteiger charge is 2.60. The number of carbonyl (C=O) groups is 5. The molecule has 0 aromatic rings. The first-order valence-electron chi connectivity index (χ1n) is 12.5. The van der Waals surface area contributed by atoms with E-state index in [1.807, 2.05) is 0 Å². The molecule has 4 aliphatic heterocycles. The Kier molecular flexibility index (Phi) is 8.28. The van der Waals surface area contributed by atoms with Gasteiger partial charge < -0.3 is 36.6 Å². The largest absolute Gasteiger partial charge is 0.477 e. The van der Waals surface area contributed by atoms with E-state index in [-0.39, 0.29) is 35.4 Å². The van der Waals surface area contributed by atoms with Gasteiger partial charge in [-0.25, -0.2) is 4.79 Å². The predicted molar refractivity (Wildman–Crippen MR) is 132 cm³/mol. The lowest BCUT2D eigenvalue weighted by Crippen LogP contribution is -2.66. The molecule has 0 bridgehead atoms. The minimum Gasteiger partial charge on any atom is -0.477 e. The molecule has 3 saturated heterocycles. The van der Waals surface area contributed by atoms with Crippen molar-refractivity contribution in [3.05, 3.63) is 10.6 Å². The number of hydrogen-bond acceptors (Lipinski definition) is 8. The standard InChI is InChI=1S/C23H32F2N6O6S/c1-9-16-15(10(2)29-20(33)19(24)25)22(35)31(16)17(23(36)37)18(9)38-12-5-13(28-6-12)21(34)30-4-3-11(8-30)27-7-14(26)32/h9-13,15-16,19,27-28H,3-8H2,1-2H3,(H2,26,32)(H,29,33)(H,36,37)/t9-,10-,11?,12+,13+,15-,16-/m1/s1. The number of β-lactam (4-membered cyclic amide) rings is 1. The van der Waals surface area contributed by atoms with Crippen molar-refractivity contribution in [3.63, 3.8) is 0 Å². The van der Waals surface area contributed by atoms with Gasteiger partial charge in [0.1, 0.15) is 5.70 Å². The Balaban J connectivity index is 1.38. The topological polar surface area (TPSA) is 174 Å². The SMILES string of the molecule is C[C@@H](NC(=O)C(F)F)[C@H]1C(=O)N2C(C(=O)O)=C(S[C@@H]3CN[C@H](C(=O)N4CCC(NCC(N)=O)C4)C3)[C@H](C)[C@H]12. The fraction of sp³-hybridized carbons (Fsp3) is 0.696. The lowest BCUT2D eigenvalue weighted by molar-refractivity contribution is -0.159. The fourth-order valence-corrected chi connectivity index (χ4v) is 7.31. The van der Waals surface area contributed by atoms with E-state index in [4.69, 9.17) is 5.73 Å². The summed E-state index contributed by atoms with van der Waals surface area (Å²) in [5, 5.41) is 18.2. The number of aliphatic carboxylic acids is 1. The van der Waals surface area contributed by atoms with E-state index < -0.39 is 54.2 Å². The first kappa shape index (κ1) is 28.2. The highest BCUT2D eigenvalue weighted by atomic mass is 32.2. The summed E-state index contributed by atoms with van der Waals surface area (Å²) in [4.78, 5) is 63.9. The van der Waals surface area contributed by atoms with Crippen molar-refractivity contribution in [2.24, 2.45) is 17.6 Å². The van der Waals surface area contributed by atoms with Crippen molar-refractivity contribution in [2.45, 2.75) is 62.5 Å². The number of nitrogens with one attached hydrogen (secondary N) is 3. The molecule has 210 valence electrons. The molecule has 0 radical (unpaired) electrons. The number of primary amides is 1. The van der Waals surface area contributed by atoms with Crippen molar-refractivity contribution in [1.29, 1.82) is 0 Å². The summed E-state index contributed by atoms with van der Waals surface area (Å²) in [6.07, 6.45) is -2.04. The maximum absolute atomic E-state index is 13.0. The second kappa shape index (κ2) is 11.1. The average Bonchev–Trinajstić information content (AvgIpc) is 3.56. The zero-order valence-electron chi connectivity index (χ0n) is 21.0. The molecule has 15 heteroatoms. The Hall–Kier alpha value is -2.78. The van der Waals surface area contributed by atoms with Crippen LogP contribution in [0.1, 0.15) is 26.7 Å². The van der Waals surface area contributed by atoms with Gasteiger partial charge in [0.2, 0.25) is 17.7 Å². The molecule has 7 atom stereocenters. The zero-order valence-corrected chi connectivity index (χ0v) is 21.8. The first-order valence-corrected chi connectivity index (χ1v) is 13.4. The second-order valence-corrected chi connectivity index (χ2v) is 11.5. The van der Waals surface area contributed by atoms with Crippen molar-refractivity contribution >= 4 is 41.4 Å². The maximum Gasteiger partial charge on any atom is 0.353 e. The molecular formula is C23H32F2N6O6S. The number of carboxylic acid groups (broad SMARTS) is 1. The maximum atomic E-state index is 13.0. The monoisotopic (exact) mass is 558 g/mol. The van der Waals surface area contributed by atoms with E-state index in [1.54, 1.807) is 11.8 Å². The van der Waals surface area contributed by atoms with E-state index in [2.05, 4.69) is 16.0 Å². The number of halogens is 2. The third-order valence-electron chi connectivity index (χ3n) is 7.65. The molecule has 0 aromatic carbocycles. The van der Waals surface area contributed by atoms with Gasteiger partial charge >= 0.3 is 12.4 Å². The number of rotatable bonds is 10. The fourth-order valence-electron chi connectivity index (χ4n) is 5.83. The molecule has 38 heavy (non-hydrogen) atoms. The van der Waals surface area contributed by atoms with Gasteiger partial charge in [0, 0.05) is 47.8 Å². The van der Waals surface area contributed by atoms with Gasteiger partial charge in [0.15, 0.2) is 0 Å². The molecule has 0 aromatic heterocycles. The lowest BCUT2D eigenvalue weighted by atomic mass is 9.78.